The predicted octanol–water partition coefficient (Wildman–Crippen LogP) is 2.16. The molecule has 0 saturated heterocycles. The van der Waals surface area contributed by atoms with Crippen LogP contribution in [0.1, 0.15) is 36.0 Å². The van der Waals surface area contributed by atoms with Crippen molar-refractivity contribution in [1.82, 2.24) is 9.97 Å². The first-order chi connectivity index (χ1) is 12.5. The van der Waals surface area contributed by atoms with E-state index in [1.807, 2.05) is 0 Å². The van der Waals surface area contributed by atoms with Gasteiger partial charge < -0.3 is 27.4 Å². The van der Waals surface area contributed by atoms with Crippen LogP contribution in [0.3, 0.4) is 0 Å². The molecule has 1 saturated carbocycles. The molecular weight excluding hydrogens is 334 g/mol. The highest BCUT2D eigenvalue weighted by Gasteiger charge is 2.19. The van der Waals surface area contributed by atoms with Gasteiger partial charge >= 0.3 is 6.03 Å². The average molecular weight is 355 g/mol. The molecule has 9 heteroatoms. The highest BCUT2D eigenvalue weighted by molar-refractivity contribution is 5.97. The van der Waals surface area contributed by atoms with Crippen molar-refractivity contribution >= 4 is 35.1 Å². The summed E-state index contributed by atoms with van der Waals surface area (Å²) in [5.74, 6) is 0.157. The molecule has 2 aromatic rings. The lowest BCUT2D eigenvalue weighted by atomic mass is 10.2. The number of nitrogens with two attached hydrogens (primary N) is 2. The van der Waals surface area contributed by atoms with Gasteiger partial charge in [0.2, 0.25) is 5.95 Å². The summed E-state index contributed by atoms with van der Waals surface area (Å²) in [5.41, 5.74) is 12.0. The molecule has 1 aromatic heterocycles. The zero-order valence-corrected chi connectivity index (χ0v) is 14.2. The number of nitrogens with zero attached hydrogens (tertiary/aromatic N) is 2. The van der Waals surface area contributed by atoms with E-state index in [2.05, 4.69) is 25.9 Å². The fourth-order valence-corrected chi connectivity index (χ4v) is 2.94. The van der Waals surface area contributed by atoms with E-state index in [1.165, 1.54) is 6.20 Å². The normalized spacial score (nSPS) is 14.0. The number of aromatic nitrogens is 2. The van der Waals surface area contributed by atoms with Crippen LogP contribution in [0.15, 0.2) is 30.5 Å². The van der Waals surface area contributed by atoms with Gasteiger partial charge in [0.05, 0.1) is 5.56 Å². The molecule has 26 heavy (non-hydrogen) atoms. The van der Waals surface area contributed by atoms with Crippen molar-refractivity contribution in [3.8, 4) is 0 Å². The number of carbonyl (C=O) groups is 2. The molecule has 0 spiro atoms. The third-order valence-corrected chi connectivity index (χ3v) is 4.14. The van der Waals surface area contributed by atoms with E-state index in [0.29, 0.717) is 23.1 Å². The summed E-state index contributed by atoms with van der Waals surface area (Å²) in [7, 11) is 0. The molecule has 3 amide bonds. The van der Waals surface area contributed by atoms with Crippen LogP contribution in [0.4, 0.5) is 27.9 Å². The molecule has 0 atom stereocenters. The standard InChI is InChI=1S/C17H21N7O2/c18-14(25)13-9-20-17(24-15(13)21-10-4-1-2-5-10)23-12-7-3-6-11(8-12)22-16(19)26/h3,6-10H,1-2,4-5H2,(H2,18,25)(H3,19,22,26)(H2,20,21,23,24). The SMILES string of the molecule is NC(=O)Nc1cccc(Nc2ncc(C(N)=O)c(NC3CCCC3)n2)c1. The molecule has 0 bridgehead atoms. The summed E-state index contributed by atoms with van der Waals surface area (Å²) in [5, 5.41) is 8.83. The van der Waals surface area contributed by atoms with Gasteiger partial charge in [-0.1, -0.05) is 18.9 Å². The number of hydrogen-bond donors (Lipinski definition) is 5. The van der Waals surface area contributed by atoms with Gasteiger partial charge in [0.25, 0.3) is 5.91 Å². The Morgan fingerprint density at radius 2 is 1.85 bits per heavy atom. The third kappa shape index (κ3) is 4.38. The molecule has 1 aromatic carbocycles. The Kier molecular flexibility index (Phi) is 5.16. The summed E-state index contributed by atoms with van der Waals surface area (Å²) in [4.78, 5) is 31.1. The van der Waals surface area contributed by atoms with E-state index in [0.717, 1.165) is 25.7 Å². The van der Waals surface area contributed by atoms with E-state index in [9.17, 15) is 9.59 Å². The molecule has 1 fully saturated rings. The van der Waals surface area contributed by atoms with Crippen molar-refractivity contribution in [2.45, 2.75) is 31.7 Å². The number of hydrogen-bond acceptors (Lipinski definition) is 6. The van der Waals surface area contributed by atoms with Gasteiger partial charge in [-0.25, -0.2) is 9.78 Å². The molecule has 0 radical (unpaired) electrons. The van der Waals surface area contributed by atoms with Crippen LogP contribution in [0.25, 0.3) is 0 Å². The smallest absolute Gasteiger partial charge is 0.316 e. The Hall–Kier alpha value is -3.36. The summed E-state index contributed by atoms with van der Waals surface area (Å²) >= 11 is 0. The van der Waals surface area contributed by atoms with Gasteiger partial charge in [0, 0.05) is 23.6 Å². The van der Waals surface area contributed by atoms with Gasteiger partial charge in [0.1, 0.15) is 5.82 Å². The first kappa shape index (κ1) is 17.5. The Morgan fingerprint density at radius 3 is 2.54 bits per heavy atom. The van der Waals surface area contributed by atoms with Crippen molar-refractivity contribution in [2.75, 3.05) is 16.0 Å². The minimum atomic E-state index is -0.646. The fraction of sp³-hybridized carbons (Fsp3) is 0.294. The number of rotatable bonds is 6. The van der Waals surface area contributed by atoms with Gasteiger partial charge in [-0.2, -0.15) is 4.98 Å². The van der Waals surface area contributed by atoms with Crippen LogP contribution in [0.2, 0.25) is 0 Å². The van der Waals surface area contributed by atoms with Crippen molar-refractivity contribution in [1.29, 1.82) is 0 Å². The van der Waals surface area contributed by atoms with Crippen LogP contribution < -0.4 is 27.4 Å². The van der Waals surface area contributed by atoms with Gasteiger partial charge in [-0.3, -0.25) is 4.79 Å². The van der Waals surface area contributed by atoms with E-state index >= 15 is 0 Å². The second-order valence-corrected chi connectivity index (χ2v) is 6.14. The number of anilines is 4. The Morgan fingerprint density at radius 1 is 1.12 bits per heavy atom. The maximum atomic E-state index is 11.6. The molecular formula is C17H21N7O2. The minimum Gasteiger partial charge on any atom is -0.367 e. The summed E-state index contributed by atoms with van der Waals surface area (Å²) in [6.07, 6.45) is 5.77. The molecule has 0 aliphatic heterocycles. The summed E-state index contributed by atoms with van der Waals surface area (Å²) in [6.45, 7) is 0. The largest absolute Gasteiger partial charge is 0.367 e. The zero-order chi connectivity index (χ0) is 18.5. The quantitative estimate of drug-likeness (QED) is 0.536. The highest BCUT2D eigenvalue weighted by Crippen LogP contribution is 2.25. The monoisotopic (exact) mass is 355 g/mol. The van der Waals surface area contributed by atoms with Crippen LogP contribution in [-0.2, 0) is 0 Å². The van der Waals surface area contributed by atoms with E-state index in [-0.39, 0.29) is 11.6 Å². The summed E-state index contributed by atoms with van der Waals surface area (Å²) < 4.78 is 0. The number of benzene rings is 1. The van der Waals surface area contributed by atoms with Crippen LogP contribution in [-0.4, -0.2) is 27.9 Å². The molecule has 3 rings (SSSR count). The highest BCUT2D eigenvalue weighted by atomic mass is 16.2. The van der Waals surface area contributed by atoms with Gasteiger partial charge in [-0.05, 0) is 31.0 Å². The maximum absolute atomic E-state index is 11.6. The van der Waals surface area contributed by atoms with Crippen LogP contribution in [0.5, 0.6) is 0 Å². The number of primary amides is 2. The molecule has 1 heterocycles. The van der Waals surface area contributed by atoms with Gasteiger partial charge in [-0.15, -0.1) is 0 Å². The third-order valence-electron chi connectivity index (χ3n) is 4.14. The first-order valence-corrected chi connectivity index (χ1v) is 8.38. The van der Waals surface area contributed by atoms with E-state index in [4.69, 9.17) is 11.5 Å². The second kappa shape index (κ2) is 7.68. The maximum Gasteiger partial charge on any atom is 0.316 e. The fourth-order valence-electron chi connectivity index (χ4n) is 2.94. The van der Waals surface area contributed by atoms with Crippen LogP contribution in [0, 0.1) is 0 Å². The van der Waals surface area contributed by atoms with Crippen molar-refractivity contribution in [2.24, 2.45) is 11.5 Å². The lowest BCUT2D eigenvalue weighted by Crippen LogP contribution is -2.21. The van der Waals surface area contributed by atoms with Crippen molar-refractivity contribution < 1.29 is 9.59 Å². The topological polar surface area (TPSA) is 148 Å². The Bertz CT molecular complexity index is 819. The number of amides is 3. The molecule has 7 N–H and O–H groups in total. The van der Waals surface area contributed by atoms with E-state index < -0.39 is 11.9 Å². The predicted molar refractivity (Wildman–Crippen MR) is 99.4 cm³/mol. The summed E-state index contributed by atoms with van der Waals surface area (Å²) in [6, 6.07) is 6.58. The number of carbonyl (C=O) groups excluding carboxylic acids is 2. The lowest BCUT2D eigenvalue weighted by Gasteiger charge is -2.16. The molecule has 136 valence electrons. The van der Waals surface area contributed by atoms with Crippen molar-refractivity contribution in [3.05, 3.63) is 36.0 Å². The Balaban J connectivity index is 1.81. The van der Waals surface area contributed by atoms with Gasteiger partial charge in [0.15, 0.2) is 0 Å². The number of nitrogens with one attached hydrogen (secondary N) is 3. The first-order valence-electron chi connectivity index (χ1n) is 8.38. The Labute approximate surface area is 150 Å². The van der Waals surface area contributed by atoms with E-state index in [1.54, 1.807) is 24.3 Å². The molecule has 1 aliphatic carbocycles. The number of urea groups is 1. The lowest BCUT2D eigenvalue weighted by molar-refractivity contribution is 0.100. The molecule has 9 nitrogen and oxygen atoms in total. The minimum absolute atomic E-state index is 0.256. The average Bonchev–Trinajstić information content (AvgIpc) is 3.07. The molecule has 1 aliphatic rings. The second-order valence-electron chi connectivity index (χ2n) is 6.14. The zero-order valence-electron chi connectivity index (χ0n) is 14.2. The van der Waals surface area contributed by atoms with Crippen LogP contribution >= 0.6 is 0 Å². The molecule has 0 unspecified atom stereocenters. The van der Waals surface area contributed by atoms with Crippen molar-refractivity contribution in [3.63, 3.8) is 0 Å².